The third kappa shape index (κ3) is 3.57. The van der Waals surface area contributed by atoms with Crippen LogP contribution in [0.4, 0.5) is 0 Å². The van der Waals surface area contributed by atoms with Crippen molar-refractivity contribution in [2.75, 3.05) is 6.61 Å². The molecule has 1 unspecified atom stereocenters. The highest BCUT2D eigenvalue weighted by Gasteiger charge is 2.14. The molecule has 3 heterocycles. The van der Waals surface area contributed by atoms with Crippen LogP contribution in [0.2, 0.25) is 0 Å². The maximum Gasteiger partial charge on any atom is 0.169 e. The Morgan fingerprint density at radius 2 is 2.14 bits per heavy atom. The van der Waals surface area contributed by atoms with Gasteiger partial charge in [0.1, 0.15) is 5.82 Å². The highest BCUT2D eigenvalue weighted by atomic mass is 32.1. The standard InChI is InChI=1S/C21H21N5OS/c1-3-26-18-7-6-16(5-4-15(2)14-27)12-17(18)24-19(26)13-25-10-8-22-20(25)21-23-9-11-28-21/h6-12,15,27H,3,13-14H2,1-2H3. The first-order chi connectivity index (χ1) is 13.7. The van der Waals surface area contributed by atoms with Crippen molar-refractivity contribution in [3.63, 3.8) is 0 Å². The van der Waals surface area contributed by atoms with Gasteiger partial charge in [-0.2, -0.15) is 0 Å². The topological polar surface area (TPSA) is 68.8 Å². The molecule has 1 aromatic carbocycles. The maximum absolute atomic E-state index is 9.14. The van der Waals surface area contributed by atoms with Crippen LogP contribution in [0, 0.1) is 17.8 Å². The number of nitrogens with zero attached hydrogens (tertiary/aromatic N) is 5. The molecule has 0 aliphatic rings. The molecule has 0 bridgehead atoms. The normalized spacial score (nSPS) is 12.1. The molecule has 0 aliphatic heterocycles. The number of thiazole rings is 1. The zero-order valence-electron chi connectivity index (χ0n) is 15.8. The Balaban J connectivity index is 1.70. The van der Waals surface area contributed by atoms with E-state index in [0.717, 1.165) is 39.8 Å². The molecular formula is C21H21N5OS. The summed E-state index contributed by atoms with van der Waals surface area (Å²) in [4.78, 5) is 13.7. The fourth-order valence-corrected chi connectivity index (χ4v) is 3.75. The summed E-state index contributed by atoms with van der Waals surface area (Å²) in [7, 11) is 0. The number of rotatable bonds is 5. The lowest BCUT2D eigenvalue weighted by molar-refractivity contribution is 0.266. The molecule has 142 valence electrons. The van der Waals surface area contributed by atoms with Crippen molar-refractivity contribution in [1.29, 1.82) is 0 Å². The Bertz CT molecular complexity index is 1150. The van der Waals surface area contributed by atoms with Crippen molar-refractivity contribution in [2.45, 2.75) is 26.9 Å². The van der Waals surface area contributed by atoms with Crippen LogP contribution in [-0.4, -0.2) is 35.8 Å². The van der Waals surface area contributed by atoms with Crippen molar-refractivity contribution >= 4 is 22.4 Å². The van der Waals surface area contributed by atoms with Crippen LogP contribution in [0.25, 0.3) is 21.9 Å². The number of aliphatic hydroxyl groups excluding tert-OH is 1. The molecule has 0 fully saturated rings. The van der Waals surface area contributed by atoms with Gasteiger partial charge in [-0.25, -0.2) is 15.0 Å². The van der Waals surface area contributed by atoms with E-state index in [1.165, 1.54) is 0 Å². The van der Waals surface area contributed by atoms with E-state index in [1.807, 2.05) is 30.6 Å². The fourth-order valence-electron chi connectivity index (χ4n) is 3.10. The highest BCUT2D eigenvalue weighted by Crippen LogP contribution is 2.23. The SMILES string of the molecule is CCn1c(Cn2ccnc2-c2nccs2)nc2cc(C#CC(C)CO)ccc21. The Labute approximate surface area is 167 Å². The highest BCUT2D eigenvalue weighted by molar-refractivity contribution is 7.13. The van der Waals surface area contributed by atoms with E-state index in [1.54, 1.807) is 23.7 Å². The third-order valence-corrected chi connectivity index (χ3v) is 5.30. The first-order valence-electron chi connectivity index (χ1n) is 9.22. The van der Waals surface area contributed by atoms with Gasteiger partial charge in [-0.3, -0.25) is 0 Å². The predicted molar refractivity (Wildman–Crippen MR) is 111 cm³/mol. The Kier molecular flexibility index (Phi) is 5.24. The Hall–Kier alpha value is -2.95. The summed E-state index contributed by atoms with van der Waals surface area (Å²) in [6.07, 6.45) is 5.55. The van der Waals surface area contributed by atoms with E-state index < -0.39 is 0 Å². The van der Waals surface area contributed by atoms with Gasteiger partial charge >= 0.3 is 0 Å². The summed E-state index contributed by atoms with van der Waals surface area (Å²) >= 11 is 1.58. The molecular weight excluding hydrogens is 370 g/mol. The first-order valence-corrected chi connectivity index (χ1v) is 10.1. The van der Waals surface area contributed by atoms with E-state index in [2.05, 4.69) is 43.9 Å². The summed E-state index contributed by atoms with van der Waals surface area (Å²) in [6.45, 7) is 5.55. The molecule has 0 aliphatic carbocycles. The molecule has 28 heavy (non-hydrogen) atoms. The molecule has 6 nitrogen and oxygen atoms in total. The molecule has 0 saturated carbocycles. The van der Waals surface area contributed by atoms with Gasteiger partial charge in [-0.05, 0) is 32.0 Å². The second kappa shape index (κ2) is 7.97. The molecule has 4 aromatic rings. The number of aliphatic hydroxyl groups is 1. The summed E-state index contributed by atoms with van der Waals surface area (Å²) in [5, 5.41) is 12.0. The molecule has 0 saturated heterocycles. The largest absolute Gasteiger partial charge is 0.395 e. The molecule has 1 N–H and O–H groups in total. The smallest absolute Gasteiger partial charge is 0.169 e. The molecule has 0 amide bonds. The minimum atomic E-state index is -0.0371. The molecule has 7 heteroatoms. The minimum Gasteiger partial charge on any atom is -0.395 e. The molecule has 0 spiro atoms. The Morgan fingerprint density at radius 3 is 2.89 bits per heavy atom. The second-order valence-electron chi connectivity index (χ2n) is 6.54. The predicted octanol–water partition coefficient (Wildman–Crippen LogP) is 3.40. The van der Waals surface area contributed by atoms with E-state index in [-0.39, 0.29) is 12.5 Å². The molecule has 0 radical (unpaired) electrons. The fraction of sp³-hybridized carbons (Fsp3) is 0.286. The van der Waals surface area contributed by atoms with Crippen LogP contribution in [-0.2, 0) is 13.1 Å². The third-order valence-electron chi connectivity index (χ3n) is 4.53. The van der Waals surface area contributed by atoms with Crippen molar-refractivity contribution in [1.82, 2.24) is 24.1 Å². The minimum absolute atomic E-state index is 0.0371. The van der Waals surface area contributed by atoms with Crippen molar-refractivity contribution < 1.29 is 5.11 Å². The zero-order chi connectivity index (χ0) is 19.5. The van der Waals surface area contributed by atoms with Crippen molar-refractivity contribution in [3.8, 4) is 22.7 Å². The maximum atomic E-state index is 9.14. The molecule has 1 atom stereocenters. The van der Waals surface area contributed by atoms with E-state index in [0.29, 0.717) is 6.54 Å². The summed E-state index contributed by atoms with van der Waals surface area (Å²) in [5.41, 5.74) is 2.93. The number of imidazole rings is 2. The monoisotopic (exact) mass is 391 g/mol. The summed E-state index contributed by atoms with van der Waals surface area (Å²) < 4.78 is 4.30. The average molecular weight is 392 g/mol. The zero-order valence-corrected chi connectivity index (χ0v) is 16.6. The summed E-state index contributed by atoms with van der Waals surface area (Å²) in [5.74, 6) is 7.97. The van der Waals surface area contributed by atoms with E-state index in [4.69, 9.17) is 10.1 Å². The molecule has 4 rings (SSSR count). The first kappa shape index (κ1) is 18.4. The van der Waals surface area contributed by atoms with Gasteiger partial charge in [0.05, 0.1) is 24.2 Å². The van der Waals surface area contributed by atoms with Crippen molar-refractivity contribution in [2.24, 2.45) is 5.92 Å². The number of benzene rings is 1. The quantitative estimate of drug-likeness (QED) is 0.530. The number of fused-ring (bicyclic) bond motifs is 1. The van der Waals surface area contributed by atoms with E-state index in [9.17, 15) is 0 Å². The van der Waals surface area contributed by atoms with Gasteiger partial charge in [0.25, 0.3) is 0 Å². The van der Waals surface area contributed by atoms with Crippen LogP contribution in [0.15, 0.2) is 42.2 Å². The average Bonchev–Trinajstić information content (AvgIpc) is 3.45. The number of aryl methyl sites for hydroxylation is 1. The van der Waals surface area contributed by atoms with Crippen LogP contribution < -0.4 is 0 Å². The number of aromatic nitrogens is 5. The van der Waals surface area contributed by atoms with Crippen LogP contribution in [0.3, 0.4) is 0 Å². The lowest BCUT2D eigenvalue weighted by Crippen LogP contribution is -2.08. The Morgan fingerprint density at radius 1 is 1.25 bits per heavy atom. The van der Waals surface area contributed by atoms with Gasteiger partial charge in [0.2, 0.25) is 0 Å². The van der Waals surface area contributed by atoms with E-state index >= 15 is 0 Å². The van der Waals surface area contributed by atoms with Crippen LogP contribution in [0.1, 0.15) is 25.2 Å². The van der Waals surface area contributed by atoms with Gasteiger partial charge in [-0.1, -0.05) is 11.8 Å². The van der Waals surface area contributed by atoms with Gasteiger partial charge in [0.15, 0.2) is 10.8 Å². The lowest BCUT2D eigenvalue weighted by atomic mass is 10.1. The number of hydrogen-bond acceptors (Lipinski definition) is 5. The second-order valence-corrected chi connectivity index (χ2v) is 7.44. The summed E-state index contributed by atoms with van der Waals surface area (Å²) in [6, 6.07) is 6.09. The lowest BCUT2D eigenvalue weighted by Gasteiger charge is -2.08. The number of hydrogen-bond donors (Lipinski definition) is 1. The molecule has 3 aromatic heterocycles. The van der Waals surface area contributed by atoms with Gasteiger partial charge in [-0.15, -0.1) is 11.3 Å². The van der Waals surface area contributed by atoms with Gasteiger partial charge in [0, 0.05) is 42.0 Å². The van der Waals surface area contributed by atoms with Crippen molar-refractivity contribution in [3.05, 3.63) is 53.6 Å². The van der Waals surface area contributed by atoms with Crippen LogP contribution in [0.5, 0.6) is 0 Å². The van der Waals surface area contributed by atoms with Crippen LogP contribution >= 0.6 is 11.3 Å². The van der Waals surface area contributed by atoms with Gasteiger partial charge < -0.3 is 14.2 Å².